The molecule has 1 heteroatoms. The van der Waals surface area contributed by atoms with Gasteiger partial charge < -0.3 is 4.57 Å². The van der Waals surface area contributed by atoms with Crippen LogP contribution >= 0.6 is 0 Å². The van der Waals surface area contributed by atoms with Crippen LogP contribution in [0.25, 0.3) is 93.2 Å². The zero-order chi connectivity index (χ0) is 39.1. The molecular formula is C56H47N. The van der Waals surface area contributed by atoms with E-state index in [4.69, 9.17) is 0 Å². The monoisotopic (exact) mass is 733 g/mol. The van der Waals surface area contributed by atoms with Crippen molar-refractivity contribution in [2.45, 2.75) is 52.4 Å². The number of fused-ring (bicyclic) bond motifs is 5. The number of hydrogen-bond acceptors (Lipinski definition) is 0. The van der Waals surface area contributed by atoms with Crippen molar-refractivity contribution < 1.29 is 0 Å². The number of hydrogen-bond donors (Lipinski definition) is 0. The normalized spacial score (nSPS) is 12.4. The first-order valence-corrected chi connectivity index (χ1v) is 20.3. The summed E-state index contributed by atoms with van der Waals surface area (Å²) in [4.78, 5) is 0. The quantitative estimate of drug-likeness (QED) is 0.159. The van der Waals surface area contributed by atoms with Gasteiger partial charge in [0.05, 0.1) is 16.9 Å². The summed E-state index contributed by atoms with van der Waals surface area (Å²) >= 11 is 0. The van der Waals surface area contributed by atoms with Crippen molar-refractivity contribution in [3.8, 4) is 39.2 Å². The molecule has 0 fully saturated rings. The van der Waals surface area contributed by atoms with Crippen LogP contribution in [0.15, 0.2) is 176 Å². The molecule has 10 aromatic rings. The Balaban J connectivity index is 1.41. The highest BCUT2D eigenvalue weighted by atomic mass is 15.0. The highest BCUT2D eigenvalue weighted by Gasteiger charge is 2.30. The Hall–Kier alpha value is -6.44. The third-order valence-corrected chi connectivity index (χ3v) is 11.9. The van der Waals surface area contributed by atoms with Crippen LogP contribution in [0.4, 0.5) is 0 Å². The van der Waals surface area contributed by atoms with Crippen LogP contribution < -0.4 is 0 Å². The Morgan fingerprint density at radius 1 is 0.351 bits per heavy atom. The van der Waals surface area contributed by atoms with Crippen molar-refractivity contribution in [3.63, 3.8) is 0 Å². The van der Waals surface area contributed by atoms with Gasteiger partial charge in [-0.2, -0.15) is 0 Å². The zero-order valence-electron chi connectivity index (χ0n) is 33.7. The molecular weight excluding hydrogens is 687 g/mol. The van der Waals surface area contributed by atoms with Gasteiger partial charge in [0.1, 0.15) is 0 Å². The third kappa shape index (κ3) is 5.67. The van der Waals surface area contributed by atoms with Gasteiger partial charge in [0, 0.05) is 16.3 Å². The molecule has 0 unspecified atom stereocenters. The molecule has 0 saturated carbocycles. The molecule has 0 radical (unpaired) electrons. The highest BCUT2D eigenvalue weighted by molar-refractivity contribution is 6.17. The van der Waals surface area contributed by atoms with Crippen molar-refractivity contribution in [1.82, 2.24) is 4.57 Å². The summed E-state index contributed by atoms with van der Waals surface area (Å²) in [5, 5.41) is 11.6. The van der Waals surface area contributed by atoms with Crippen molar-refractivity contribution in [1.29, 1.82) is 0 Å². The molecule has 57 heavy (non-hydrogen) atoms. The number of benzene rings is 9. The topological polar surface area (TPSA) is 4.93 Å². The van der Waals surface area contributed by atoms with E-state index >= 15 is 0 Å². The van der Waals surface area contributed by atoms with Crippen LogP contribution in [0.5, 0.6) is 0 Å². The molecule has 1 heterocycles. The van der Waals surface area contributed by atoms with Crippen LogP contribution in [0, 0.1) is 0 Å². The second-order valence-electron chi connectivity index (χ2n) is 17.7. The predicted molar refractivity (Wildman–Crippen MR) is 247 cm³/mol. The van der Waals surface area contributed by atoms with E-state index in [1.807, 2.05) is 0 Å². The second-order valence-corrected chi connectivity index (χ2v) is 17.7. The fourth-order valence-electron chi connectivity index (χ4n) is 9.68. The summed E-state index contributed by atoms with van der Waals surface area (Å²) in [6, 6.07) is 65.4. The molecule has 0 aliphatic carbocycles. The minimum absolute atomic E-state index is 0.0888. The molecule has 1 aromatic heterocycles. The zero-order valence-corrected chi connectivity index (χ0v) is 33.7. The van der Waals surface area contributed by atoms with Gasteiger partial charge in [-0.25, -0.2) is 0 Å². The SMILES string of the molecule is CC(C)(C)c1c2ccccc2c(C(C)(C)C)c2cc3c(cc12)c(-c1ccccc1)c(-c1ccccc1)n3-c1ccc(-c2ccc3ccccc3c2)c2ccccc12. The van der Waals surface area contributed by atoms with Crippen molar-refractivity contribution >= 4 is 54.0 Å². The van der Waals surface area contributed by atoms with E-state index in [-0.39, 0.29) is 10.8 Å². The number of rotatable bonds is 4. The molecule has 10 rings (SSSR count). The average Bonchev–Trinajstić information content (AvgIpc) is 3.54. The van der Waals surface area contributed by atoms with Crippen molar-refractivity contribution in [3.05, 3.63) is 187 Å². The largest absolute Gasteiger partial charge is 0.308 e. The summed E-state index contributed by atoms with van der Waals surface area (Å²) in [5.74, 6) is 0. The first-order valence-electron chi connectivity index (χ1n) is 20.3. The van der Waals surface area contributed by atoms with Gasteiger partial charge in [0.15, 0.2) is 0 Å². The van der Waals surface area contributed by atoms with Gasteiger partial charge in [-0.05, 0) is 106 Å². The Kier molecular flexibility index (Phi) is 8.03. The molecule has 0 spiro atoms. The van der Waals surface area contributed by atoms with Gasteiger partial charge in [-0.3, -0.25) is 0 Å². The molecule has 276 valence electrons. The number of aromatic nitrogens is 1. The Bertz CT molecular complexity index is 3170. The smallest absolute Gasteiger partial charge is 0.0619 e. The fourth-order valence-corrected chi connectivity index (χ4v) is 9.68. The minimum atomic E-state index is -0.0991. The summed E-state index contributed by atoms with van der Waals surface area (Å²) < 4.78 is 2.58. The van der Waals surface area contributed by atoms with Gasteiger partial charge in [-0.1, -0.05) is 193 Å². The summed E-state index contributed by atoms with van der Waals surface area (Å²) in [6.07, 6.45) is 0. The Morgan fingerprint density at radius 2 is 0.877 bits per heavy atom. The molecule has 9 aromatic carbocycles. The van der Waals surface area contributed by atoms with E-state index in [1.54, 1.807) is 0 Å². The standard InChI is InChI=1S/C56H47N/c1-55(2,3)52-44-27-17-18-28-45(44)53(56(4,5)6)47-35-50-48(34-46(47)52)51(37-20-9-7-10-21-37)54(38-22-11-8-12-23-38)57(50)49-32-31-41(42-25-15-16-26-43(42)49)40-30-29-36-19-13-14-24-39(36)33-40/h7-35H,1-6H3. The van der Waals surface area contributed by atoms with Crippen LogP contribution in [0.3, 0.4) is 0 Å². The summed E-state index contributed by atoms with van der Waals surface area (Å²) in [7, 11) is 0. The second kappa shape index (κ2) is 13.1. The van der Waals surface area contributed by atoms with E-state index < -0.39 is 0 Å². The maximum Gasteiger partial charge on any atom is 0.0619 e. The Morgan fingerprint density at radius 3 is 1.51 bits per heavy atom. The van der Waals surface area contributed by atoms with E-state index in [0.717, 1.165) is 0 Å². The number of nitrogens with zero attached hydrogens (tertiary/aromatic N) is 1. The summed E-state index contributed by atoms with van der Waals surface area (Å²) in [6.45, 7) is 14.2. The average molecular weight is 734 g/mol. The highest BCUT2D eigenvalue weighted by Crippen LogP contribution is 2.50. The molecule has 1 nitrogen and oxygen atoms in total. The first-order chi connectivity index (χ1) is 27.6. The minimum Gasteiger partial charge on any atom is -0.308 e. The van der Waals surface area contributed by atoms with Gasteiger partial charge in [0.25, 0.3) is 0 Å². The van der Waals surface area contributed by atoms with Gasteiger partial charge >= 0.3 is 0 Å². The van der Waals surface area contributed by atoms with Crippen LogP contribution in [0.1, 0.15) is 52.7 Å². The first kappa shape index (κ1) is 35.0. The van der Waals surface area contributed by atoms with Crippen LogP contribution in [0.2, 0.25) is 0 Å². The third-order valence-electron chi connectivity index (χ3n) is 11.9. The van der Waals surface area contributed by atoms with E-state index in [9.17, 15) is 0 Å². The Labute approximate surface area is 335 Å². The predicted octanol–water partition coefficient (Wildman–Crippen LogP) is 15.8. The van der Waals surface area contributed by atoms with E-state index in [0.29, 0.717) is 0 Å². The van der Waals surface area contributed by atoms with Gasteiger partial charge in [0.2, 0.25) is 0 Å². The molecule has 0 aliphatic heterocycles. The molecule has 0 aliphatic rings. The van der Waals surface area contributed by atoms with E-state index in [2.05, 4.69) is 222 Å². The van der Waals surface area contributed by atoms with Crippen molar-refractivity contribution in [2.24, 2.45) is 0 Å². The molecule has 0 saturated heterocycles. The van der Waals surface area contributed by atoms with Crippen LogP contribution in [-0.2, 0) is 10.8 Å². The van der Waals surface area contributed by atoms with Gasteiger partial charge in [-0.15, -0.1) is 0 Å². The molecule has 0 amide bonds. The molecule has 0 N–H and O–H groups in total. The van der Waals surface area contributed by atoms with Crippen molar-refractivity contribution in [2.75, 3.05) is 0 Å². The lowest BCUT2D eigenvalue weighted by atomic mass is 9.74. The lowest BCUT2D eigenvalue weighted by Gasteiger charge is -2.30. The molecule has 0 bridgehead atoms. The van der Waals surface area contributed by atoms with Crippen LogP contribution in [-0.4, -0.2) is 4.57 Å². The van der Waals surface area contributed by atoms with E-state index in [1.165, 1.54) is 104 Å². The summed E-state index contributed by atoms with van der Waals surface area (Å²) in [5.41, 5.74) is 12.3. The fraction of sp³-hybridized carbons (Fsp3) is 0.143. The lowest BCUT2D eigenvalue weighted by Crippen LogP contribution is -2.17. The lowest BCUT2D eigenvalue weighted by molar-refractivity contribution is 0.593. The maximum absolute atomic E-state index is 2.58. The maximum atomic E-state index is 2.58. The molecule has 0 atom stereocenters.